The molecule has 0 aliphatic rings. The van der Waals surface area contributed by atoms with Gasteiger partial charge in [-0.1, -0.05) is 42.5 Å². The minimum Gasteiger partial charge on any atom is -0.497 e. The van der Waals surface area contributed by atoms with E-state index in [4.69, 9.17) is 4.74 Å². The fraction of sp³-hybridized carbons (Fsp3) is 0.105. The number of benzene rings is 2. The van der Waals surface area contributed by atoms with E-state index in [1.807, 2.05) is 24.4 Å². The molecule has 0 aliphatic heterocycles. The number of aromatic nitrogens is 1. The molecule has 2 heteroatoms. The zero-order chi connectivity index (χ0) is 14.7. The molecule has 0 fully saturated rings. The van der Waals surface area contributed by atoms with E-state index in [2.05, 4.69) is 54.4 Å². The van der Waals surface area contributed by atoms with Crippen molar-refractivity contribution in [3.05, 3.63) is 72.4 Å². The summed E-state index contributed by atoms with van der Waals surface area (Å²) in [5.41, 5.74) is 5.59. The molecular weight excluding hydrogens is 258 g/mol. The van der Waals surface area contributed by atoms with E-state index in [0.29, 0.717) is 0 Å². The van der Waals surface area contributed by atoms with Gasteiger partial charge in [-0.3, -0.25) is 4.98 Å². The normalized spacial score (nSPS) is 10.4. The summed E-state index contributed by atoms with van der Waals surface area (Å²) in [6.45, 7) is 2.08. The highest BCUT2D eigenvalue weighted by atomic mass is 16.5. The van der Waals surface area contributed by atoms with Crippen molar-refractivity contribution in [3.63, 3.8) is 0 Å². The van der Waals surface area contributed by atoms with Crippen LogP contribution in [0.2, 0.25) is 0 Å². The molecule has 1 heterocycles. The molecule has 1 aromatic heterocycles. The van der Waals surface area contributed by atoms with Gasteiger partial charge in [-0.25, -0.2) is 0 Å². The van der Waals surface area contributed by atoms with Crippen LogP contribution in [0.4, 0.5) is 0 Å². The van der Waals surface area contributed by atoms with Gasteiger partial charge in [0.2, 0.25) is 0 Å². The molecule has 104 valence electrons. The number of ether oxygens (including phenoxy) is 1. The Labute approximate surface area is 125 Å². The third kappa shape index (κ3) is 2.65. The lowest BCUT2D eigenvalue weighted by molar-refractivity contribution is 0.415. The molecule has 0 radical (unpaired) electrons. The van der Waals surface area contributed by atoms with Gasteiger partial charge in [0.05, 0.1) is 12.8 Å². The van der Waals surface area contributed by atoms with Crippen molar-refractivity contribution in [2.24, 2.45) is 0 Å². The second-order valence-corrected chi connectivity index (χ2v) is 4.95. The standard InChI is InChI=1S/C19H17NO/c1-14-7-6-12-20-19(14)18-13-16(21-2)10-11-17(18)15-8-4-3-5-9-15/h3-13H,1-2H3. The monoisotopic (exact) mass is 275 g/mol. The summed E-state index contributed by atoms with van der Waals surface area (Å²) < 4.78 is 5.38. The molecule has 2 nitrogen and oxygen atoms in total. The van der Waals surface area contributed by atoms with Crippen LogP contribution >= 0.6 is 0 Å². The lowest BCUT2D eigenvalue weighted by atomic mass is 9.95. The average Bonchev–Trinajstić information content (AvgIpc) is 2.55. The molecule has 0 N–H and O–H groups in total. The van der Waals surface area contributed by atoms with Gasteiger partial charge in [-0.15, -0.1) is 0 Å². The van der Waals surface area contributed by atoms with Gasteiger partial charge in [0.1, 0.15) is 5.75 Å². The van der Waals surface area contributed by atoms with Crippen LogP contribution in [0, 0.1) is 6.92 Å². The van der Waals surface area contributed by atoms with Crippen molar-refractivity contribution in [3.8, 4) is 28.1 Å². The Kier molecular flexibility index (Phi) is 3.69. The summed E-state index contributed by atoms with van der Waals surface area (Å²) >= 11 is 0. The number of pyridine rings is 1. The Bertz CT molecular complexity index is 751. The first-order valence-electron chi connectivity index (χ1n) is 6.95. The quantitative estimate of drug-likeness (QED) is 0.689. The van der Waals surface area contributed by atoms with Crippen LogP contribution < -0.4 is 4.74 Å². The number of rotatable bonds is 3. The van der Waals surface area contributed by atoms with E-state index in [0.717, 1.165) is 22.6 Å². The first kappa shape index (κ1) is 13.4. The van der Waals surface area contributed by atoms with Crippen LogP contribution in [0.1, 0.15) is 5.56 Å². The Hall–Kier alpha value is -2.61. The summed E-state index contributed by atoms with van der Waals surface area (Å²) in [6.07, 6.45) is 1.83. The molecular formula is C19H17NO. The molecule has 0 saturated carbocycles. The highest BCUT2D eigenvalue weighted by Gasteiger charge is 2.11. The molecule has 0 bridgehead atoms. The van der Waals surface area contributed by atoms with Gasteiger partial charge in [-0.05, 0) is 41.8 Å². The van der Waals surface area contributed by atoms with Crippen LogP contribution in [0.25, 0.3) is 22.4 Å². The van der Waals surface area contributed by atoms with Crippen LogP contribution in [-0.4, -0.2) is 12.1 Å². The molecule has 0 saturated heterocycles. The Morgan fingerprint density at radius 2 is 1.67 bits per heavy atom. The molecule has 0 atom stereocenters. The van der Waals surface area contributed by atoms with E-state index in [1.54, 1.807) is 7.11 Å². The van der Waals surface area contributed by atoms with Crippen LogP contribution in [-0.2, 0) is 0 Å². The number of hydrogen-bond acceptors (Lipinski definition) is 2. The second kappa shape index (κ2) is 5.80. The van der Waals surface area contributed by atoms with Gasteiger partial charge >= 0.3 is 0 Å². The fourth-order valence-corrected chi connectivity index (χ4v) is 2.48. The molecule has 3 rings (SSSR count). The van der Waals surface area contributed by atoms with Gasteiger partial charge in [0.15, 0.2) is 0 Å². The summed E-state index contributed by atoms with van der Waals surface area (Å²) in [5, 5.41) is 0. The topological polar surface area (TPSA) is 22.1 Å². The van der Waals surface area contributed by atoms with Crippen LogP contribution in [0.3, 0.4) is 0 Å². The Morgan fingerprint density at radius 1 is 0.857 bits per heavy atom. The minimum absolute atomic E-state index is 0.842. The van der Waals surface area contributed by atoms with E-state index < -0.39 is 0 Å². The van der Waals surface area contributed by atoms with Crippen molar-refractivity contribution in [1.82, 2.24) is 4.98 Å². The van der Waals surface area contributed by atoms with Gasteiger partial charge in [0.25, 0.3) is 0 Å². The molecule has 2 aromatic carbocycles. The number of hydrogen-bond donors (Lipinski definition) is 0. The van der Waals surface area contributed by atoms with E-state index >= 15 is 0 Å². The molecule has 0 aliphatic carbocycles. The van der Waals surface area contributed by atoms with Crippen molar-refractivity contribution < 1.29 is 4.74 Å². The predicted molar refractivity (Wildman–Crippen MR) is 86.4 cm³/mol. The molecule has 0 amide bonds. The first-order valence-corrected chi connectivity index (χ1v) is 6.95. The minimum atomic E-state index is 0.842. The van der Waals surface area contributed by atoms with E-state index in [1.165, 1.54) is 11.1 Å². The van der Waals surface area contributed by atoms with Crippen LogP contribution in [0.15, 0.2) is 66.9 Å². The third-order valence-electron chi connectivity index (χ3n) is 3.58. The van der Waals surface area contributed by atoms with Crippen molar-refractivity contribution in [2.75, 3.05) is 7.11 Å². The van der Waals surface area contributed by atoms with Crippen molar-refractivity contribution in [2.45, 2.75) is 6.92 Å². The average molecular weight is 275 g/mol. The summed E-state index contributed by atoms with van der Waals surface area (Å²) in [6, 6.07) is 20.5. The third-order valence-corrected chi connectivity index (χ3v) is 3.58. The second-order valence-electron chi connectivity index (χ2n) is 4.95. The summed E-state index contributed by atoms with van der Waals surface area (Å²) in [4.78, 5) is 4.55. The molecule has 3 aromatic rings. The first-order chi connectivity index (χ1) is 10.3. The smallest absolute Gasteiger partial charge is 0.119 e. The molecule has 0 unspecified atom stereocenters. The Balaban J connectivity index is 2.24. The predicted octanol–water partition coefficient (Wildman–Crippen LogP) is 4.73. The zero-order valence-corrected chi connectivity index (χ0v) is 12.2. The SMILES string of the molecule is COc1ccc(-c2ccccc2)c(-c2ncccc2C)c1. The largest absolute Gasteiger partial charge is 0.497 e. The molecule has 0 spiro atoms. The van der Waals surface area contributed by atoms with E-state index in [-0.39, 0.29) is 0 Å². The van der Waals surface area contributed by atoms with Crippen molar-refractivity contribution >= 4 is 0 Å². The van der Waals surface area contributed by atoms with Crippen LogP contribution in [0.5, 0.6) is 5.75 Å². The summed E-state index contributed by atoms with van der Waals surface area (Å²) in [5.74, 6) is 0.842. The highest BCUT2D eigenvalue weighted by Crippen LogP contribution is 2.35. The van der Waals surface area contributed by atoms with E-state index in [9.17, 15) is 0 Å². The number of nitrogens with zero attached hydrogens (tertiary/aromatic N) is 1. The lowest BCUT2D eigenvalue weighted by Crippen LogP contribution is -1.92. The maximum absolute atomic E-state index is 5.38. The van der Waals surface area contributed by atoms with Crippen molar-refractivity contribution in [1.29, 1.82) is 0 Å². The lowest BCUT2D eigenvalue weighted by Gasteiger charge is -2.13. The van der Waals surface area contributed by atoms with Gasteiger partial charge in [-0.2, -0.15) is 0 Å². The number of methoxy groups -OCH3 is 1. The molecule has 21 heavy (non-hydrogen) atoms. The zero-order valence-electron chi connectivity index (χ0n) is 12.2. The maximum Gasteiger partial charge on any atom is 0.119 e. The van der Waals surface area contributed by atoms with Gasteiger partial charge < -0.3 is 4.74 Å². The summed E-state index contributed by atoms with van der Waals surface area (Å²) in [7, 11) is 1.69. The number of aryl methyl sites for hydroxylation is 1. The van der Waals surface area contributed by atoms with Gasteiger partial charge in [0, 0.05) is 11.8 Å². The Morgan fingerprint density at radius 3 is 2.38 bits per heavy atom. The highest BCUT2D eigenvalue weighted by molar-refractivity contribution is 5.84. The fourth-order valence-electron chi connectivity index (χ4n) is 2.48. The maximum atomic E-state index is 5.38.